The lowest BCUT2D eigenvalue weighted by Gasteiger charge is -2.22. The number of hydrogen-bond acceptors (Lipinski definition) is 2. The summed E-state index contributed by atoms with van der Waals surface area (Å²) in [6.45, 7) is 9.28. The molecule has 2 unspecified atom stereocenters. The van der Waals surface area contributed by atoms with Gasteiger partial charge in [0.1, 0.15) is 0 Å². The number of rotatable bonds is 5. The number of nitrogens with zero attached hydrogens (tertiary/aromatic N) is 1. The maximum atomic E-state index is 12.2. The van der Waals surface area contributed by atoms with Gasteiger partial charge in [-0.2, -0.15) is 0 Å². The van der Waals surface area contributed by atoms with Crippen LogP contribution in [0.4, 0.5) is 0 Å². The molecule has 3 nitrogen and oxygen atoms in total. The molecule has 1 aliphatic rings. The fourth-order valence-corrected chi connectivity index (χ4v) is 2.13. The largest absolute Gasteiger partial charge is 0.326 e. The van der Waals surface area contributed by atoms with Crippen LogP contribution >= 0.6 is 0 Å². The van der Waals surface area contributed by atoms with Gasteiger partial charge in [-0.05, 0) is 26.2 Å². The number of nitrogens with one attached hydrogen (secondary N) is 1. The number of carbonyl (C=O) groups excluding carboxylic acids is 1. The summed E-state index contributed by atoms with van der Waals surface area (Å²) in [6.07, 6.45) is 4.34. The molecule has 0 radical (unpaired) electrons. The van der Waals surface area contributed by atoms with Gasteiger partial charge in [0.15, 0.2) is 0 Å². The Bertz CT molecular complexity index is 230. The molecule has 15 heavy (non-hydrogen) atoms. The highest BCUT2D eigenvalue weighted by molar-refractivity contribution is 5.88. The molecule has 0 bridgehead atoms. The van der Waals surface area contributed by atoms with Crippen LogP contribution in [0, 0.1) is 0 Å². The lowest BCUT2D eigenvalue weighted by molar-refractivity contribution is -0.133. The molecule has 0 aromatic heterocycles. The van der Waals surface area contributed by atoms with E-state index in [1.165, 1.54) is 0 Å². The number of amides is 1. The SMILES string of the molecule is CCCCN1C(=O)C(C)(CC)NC1CC. The summed E-state index contributed by atoms with van der Waals surface area (Å²) in [7, 11) is 0. The molecule has 0 aromatic rings. The second kappa shape index (κ2) is 4.97. The molecule has 0 aliphatic carbocycles. The molecule has 1 amide bonds. The summed E-state index contributed by atoms with van der Waals surface area (Å²) in [5, 5.41) is 3.45. The van der Waals surface area contributed by atoms with Crippen LogP contribution in [0.25, 0.3) is 0 Å². The van der Waals surface area contributed by atoms with E-state index in [0.717, 1.165) is 32.2 Å². The highest BCUT2D eigenvalue weighted by Gasteiger charge is 2.45. The van der Waals surface area contributed by atoms with Crippen LogP contribution in [0.1, 0.15) is 53.4 Å². The van der Waals surface area contributed by atoms with Gasteiger partial charge in [0.05, 0.1) is 11.7 Å². The highest BCUT2D eigenvalue weighted by atomic mass is 16.2. The van der Waals surface area contributed by atoms with Crippen molar-refractivity contribution in [2.75, 3.05) is 6.54 Å². The minimum atomic E-state index is -0.325. The molecule has 0 saturated carbocycles. The smallest absolute Gasteiger partial charge is 0.243 e. The van der Waals surface area contributed by atoms with Gasteiger partial charge < -0.3 is 4.90 Å². The molecular weight excluding hydrogens is 188 g/mol. The molecule has 2 atom stereocenters. The zero-order valence-electron chi connectivity index (χ0n) is 10.5. The van der Waals surface area contributed by atoms with Gasteiger partial charge in [0.25, 0.3) is 0 Å². The predicted molar refractivity (Wildman–Crippen MR) is 62.5 cm³/mol. The minimum absolute atomic E-state index is 0.244. The maximum absolute atomic E-state index is 12.2. The quantitative estimate of drug-likeness (QED) is 0.757. The fraction of sp³-hybridized carbons (Fsp3) is 0.917. The van der Waals surface area contributed by atoms with Crippen molar-refractivity contribution >= 4 is 5.91 Å². The maximum Gasteiger partial charge on any atom is 0.243 e. The minimum Gasteiger partial charge on any atom is -0.326 e. The Kier molecular flexibility index (Phi) is 4.14. The third-order valence-corrected chi connectivity index (χ3v) is 3.44. The molecule has 1 heterocycles. The van der Waals surface area contributed by atoms with E-state index in [1.54, 1.807) is 0 Å². The fourth-order valence-electron chi connectivity index (χ4n) is 2.13. The summed E-state index contributed by atoms with van der Waals surface area (Å²) >= 11 is 0. The lowest BCUT2D eigenvalue weighted by Crippen LogP contribution is -2.43. The normalized spacial score (nSPS) is 31.3. The first-order valence-electron chi connectivity index (χ1n) is 6.17. The van der Waals surface area contributed by atoms with E-state index >= 15 is 0 Å². The van der Waals surface area contributed by atoms with Gasteiger partial charge in [0.2, 0.25) is 5.91 Å². The summed E-state index contributed by atoms with van der Waals surface area (Å²) in [5.74, 6) is 0.283. The number of hydrogen-bond donors (Lipinski definition) is 1. The predicted octanol–water partition coefficient (Wildman–Crippen LogP) is 2.12. The third-order valence-electron chi connectivity index (χ3n) is 3.44. The second-order valence-corrected chi connectivity index (χ2v) is 4.61. The standard InChI is InChI=1S/C12H24N2O/c1-5-8-9-14-10(6-2)13-12(4,7-3)11(14)15/h10,13H,5-9H2,1-4H3. The monoisotopic (exact) mass is 212 g/mol. The lowest BCUT2D eigenvalue weighted by atomic mass is 9.99. The van der Waals surface area contributed by atoms with E-state index < -0.39 is 0 Å². The van der Waals surface area contributed by atoms with Gasteiger partial charge in [0, 0.05) is 6.54 Å². The molecule has 0 aromatic carbocycles. The van der Waals surface area contributed by atoms with Crippen LogP contribution in [0.2, 0.25) is 0 Å². The summed E-state index contributed by atoms with van der Waals surface area (Å²) in [5.41, 5.74) is -0.325. The van der Waals surface area contributed by atoms with E-state index in [1.807, 2.05) is 11.8 Å². The van der Waals surface area contributed by atoms with E-state index in [0.29, 0.717) is 0 Å². The van der Waals surface area contributed by atoms with Crippen molar-refractivity contribution in [2.24, 2.45) is 0 Å². The molecule has 0 spiro atoms. The van der Waals surface area contributed by atoms with Crippen molar-refractivity contribution in [3.63, 3.8) is 0 Å². The first-order valence-corrected chi connectivity index (χ1v) is 6.17. The average Bonchev–Trinajstić information content (AvgIpc) is 2.50. The van der Waals surface area contributed by atoms with Crippen LogP contribution in [0.15, 0.2) is 0 Å². The van der Waals surface area contributed by atoms with Gasteiger partial charge in [-0.25, -0.2) is 0 Å². The highest BCUT2D eigenvalue weighted by Crippen LogP contribution is 2.25. The Labute approximate surface area is 93.2 Å². The molecule has 1 saturated heterocycles. The Morgan fingerprint density at radius 1 is 1.40 bits per heavy atom. The topological polar surface area (TPSA) is 32.3 Å². The zero-order valence-corrected chi connectivity index (χ0v) is 10.5. The van der Waals surface area contributed by atoms with Crippen molar-refractivity contribution in [3.8, 4) is 0 Å². The Morgan fingerprint density at radius 3 is 2.53 bits per heavy atom. The number of unbranched alkanes of at least 4 members (excludes halogenated alkanes) is 1. The van der Waals surface area contributed by atoms with Crippen molar-refractivity contribution in [1.29, 1.82) is 0 Å². The van der Waals surface area contributed by atoms with Crippen molar-refractivity contribution in [3.05, 3.63) is 0 Å². The van der Waals surface area contributed by atoms with E-state index in [4.69, 9.17) is 0 Å². The van der Waals surface area contributed by atoms with Crippen molar-refractivity contribution in [1.82, 2.24) is 10.2 Å². The summed E-state index contributed by atoms with van der Waals surface area (Å²) in [4.78, 5) is 14.2. The van der Waals surface area contributed by atoms with Crippen molar-refractivity contribution in [2.45, 2.75) is 65.1 Å². The van der Waals surface area contributed by atoms with Crippen LogP contribution in [0.3, 0.4) is 0 Å². The summed E-state index contributed by atoms with van der Waals surface area (Å²) < 4.78 is 0. The van der Waals surface area contributed by atoms with E-state index in [2.05, 4.69) is 26.1 Å². The van der Waals surface area contributed by atoms with Crippen LogP contribution in [-0.4, -0.2) is 29.1 Å². The molecule has 88 valence electrons. The third kappa shape index (κ3) is 2.33. The zero-order chi connectivity index (χ0) is 11.5. The molecule has 1 fully saturated rings. The molecule has 1 rings (SSSR count). The number of carbonyl (C=O) groups is 1. The second-order valence-electron chi connectivity index (χ2n) is 4.61. The van der Waals surface area contributed by atoms with Crippen LogP contribution < -0.4 is 5.32 Å². The van der Waals surface area contributed by atoms with Crippen molar-refractivity contribution < 1.29 is 4.79 Å². The van der Waals surface area contributed by atoms with E-state index in [9.17, 15) is 4.79 Å². The molecule has 1 N–H and O–H groups in total. The first-order chi connectivity index (χ1) is 7.09. The van der Waals surface area contributed by atoms with Crippen LogP contribution in [0.5, 0.6) is 0 Å². The average molecular weight is 212 g/mol. The van der Waals surface area contributed by atoms with Gasteiger partial charge >= 0.3 is 0 Å². The van der Waals surface area contributed by atoms with Gasteiger partial charge in [-0.15, -0.1) is 0 Å². The molecular formula is C12H24N2O. The van der Waals surface area contributed by atoms with Crippen LogP contribution in [-0.2, 0) is 4.79 Å². The Balaban J connectivity index is 2.72. The summed E-state index contributed by atoms with van der Waals surface area (Å²) in [6, 6.07) is 0. The molecule has 3 heteroatoms. The Morgan fingerprint density at radius 2 is 2.07 bits per heavy atom. The van der Waals surface area contributed by atoms with E-state index in [-0.39, 0.29) is 17.6 Å². The molecule has 1 aliphatic heterocycles. The van der Waals surface area contributed by atoms with Gasteiger partial charge in [-0.3, -0.25) is 10.1 Å². The Hall–Kier alpha value is -0.570. The first kappa shape index (κ1) is 12.5. The van der Waals surface area contributed by atoms with Gasteiger partial charge in [-0.1, -0.05) is 27.2 Å².